The molecular weight excluding hydrogens is 608 g/mol. The van der Waals surface area contributed by atoms with Gasteiger partial charge >= 0.3 is 17.9 Å². The first kappa shape index (κ1) is 34.2. The van der Waals surface area contributed by atoms with Gasteiger partial charge in [-0.05, 0) is 127 Å². The summed E-state index contributed by atoms with van der Waals surface area (Å²) in [4.78, 5) is 39.9. The predicted octanol–water partition coefficient (Wildman–Crippen LogP) is 10.1. The molecule has 4 saturated carbocycles. The van der Waals surface area contributed by atoms with Gasteiger partial charge in [0.25, 0.3) is 0 Å². The molecule has 0 radical (unpaired) electrons. The minimum atomic E-state index is -0.543. The lowest BCUT2D eigenvalue weighted by Crippen LogP contribution is -2.64. The maximum atomic E-state index is 13.8. The van der Waals surface area contributed by atoms with Crippen LogP contribution < -0.4 is 0 Å². The molecule has 2 aromatic rings. The number of rotatable bonds is 4. The number of carbonyl (C=O) groups excluding carboxylic acids is 3. The van der Waals surface area contributed by atoms with E-state index in [1.807, 2.05) is 36.4 Å². The van der Waals surface area contributed by atoms with Crippen molar-refractivity contribution in [3.8, 4) is 0 Å². The predicted molar refractivity (Wildman–Crippen MR) is 191 cm³/mol. The molecule has 0 aliphatic heterocycles. The number of hydrogen-bond acceptors (Lipinski definition) is 5. The third-order valence-corrected chi connectivity index (χ3v) is 15.6. The fourth-order valence-corrected chi connectivity index (χ4v) is 12.6. The fraction of sp³-hybridized carbons (Fsp3) is 0.614. The van der Waals surface area contributed by atoms with Crippen LogP contribution in [0.15, 0.2) is 72.3 Å². The summed E-state index contributed by atoms with van der Waals surface area (Å²) in [5.74, 6) is 0.989. The monoisotopic (exact) mass is 664 g/mol. The molecule has 11 unspecified atom stereocenters. The number of hydrogen-bond donors (Lipinski definition) is 0. The summed E-state index contributed by atoms with van der Waals surface area (Å²) in [7, 11) is 0. The molecule has 7 rings (SSSR count). The van der Waals surface area contributed by atoms with E-state index in [0.29, 0.717) is 40.7 Å². The average molecular weight is 665 g/mol. The van der Waals surface area contributed by atoms with Gasteiger partial charge in [0.2, 0.25) is 0 Å². The van der Waals surface area contributed by atoms with Crippen molar-refractivity contribution in [2.75, 3.05) is 0 Å². The van der Waals surface area contributed by atoms with Crippen molar-refractivity contribution < 1.29 is 23.9 Å². The standard InChI is InChI=1S/C44H56O5/c1-27-26-32(40(47)49-39(46)30-16-12-9-13-17-30)31-20-24-43(6)33(37(31)28(27)2)18-19-35-42(5)23-22-36(48-38(45)29-14-10-8-11-15-29)41(3,4)34(42)21-25-44(35,43)7/h8-18,27-28,31-32,34-37H,19-26H2,1-7H3. The highest BCUT2D eigenvalue weighted by molar-refractivity contribution is 5.97. The molecule has 0 heterocycles. The highest BCUT2D eigenvalue weighted by Gasteiger charge is 2.68. The molecule has 5 aliphatic rings. The van der Waals surface area contributed by atoms with Gasteiger partial charge in [-0.15, -0.1) is 0 Å². The zero-order valence-corrected chi connectivity index (χ0v) is 30.7. The lowest BCUT2D eigenvalue weighted by molar-refractivity contribution is -0.202. The van der Waals surface area contributed by atoms with Gasteiger partial charge in [-0.3, -0.25) is 4.79 Å². The largest absolute Gasteiger partial charge is 0.458 e. The molecule has 5 aliphatic carbocycles. The smallest absolute Gasteiger partial charge is 0.345 e. The van der Waals surface area contributed by atoms with Crippen LogP contribution in [0.25, 0.3) is 0 Å². The highest BCUT2D eigenvalue weighted by atomic mass is 16.6. The zero-order chi connectivity index (χ0) is 34.9. The number of ether oxygens (including phenoxy) is 2. The van der Waals surface area contributed by atoms with Crippen molar-refractivity contribution in [3.63, 3.8) is 0 Å². The first-order valence-corrected chi connectivity index (χ1v) is 19.0. The molecule has 4 fully saturated rings. The van der Waals surface area contributed by atoms with E-state index in [4.69, 9.17) is 9.47 Å². The van der Waals surface area contributed by atoms with Gasteiger partial charge < -0.3 is 9.47 Å². The normalized spacial score (nSPS) is 40.7. The van der Waals surface area contributed by atoms with Crippen LogP contribution in [-0.2, 0) is 14.3 Å². The average Bonchev–Trinajstić information content (AvgIpc) is 3.08. The van der Waals surface area contributed by atoms with E-state index >= 15 is 0 Å². The van der Waals surface area contributed by atoms with E-state index in [1.54, 1.807) is 29.8 Å². The Morgan fingerprint density at radius 1 is 0.735 bits per heavy atom. The Morgan fingerprint density at radius 2 is 1.37 bits per heavy atom. The van der Waals surface area contributed by atoms with Crippen LogP contribution in [0.4, 0.5) is 0 Å². The Kier molecular flexibility index (Phi) is 8.55. The van der Waals surface area contributed by atoms with Crippen molar-refractivity contribution in [1.82, 2.24) is 0 Å². The van der Waals surface area contributed by atoms with Crippen LogP contribution in [0.2, 0.25) is 0 Å². The fourth-order valence-electron chi connectivity index (χ4n) is 12.6. The molecule has 5 nitrogen and oxygen atoms in total. The Bertz CT molecular complexity index is 1630. The minimum Gasteiger partial charge on any atom is -0.458 e. The highest BCUT2D eigenvalue weighted by Crippen LogP contribution is 2.74. The topological polar surface area (TPSA) is 69.7 Å². The second-order valence-corrected chi connectivity index (χ2v) is 17.9. The van der Waals surface area contributed by atoms with Crippen LogP contribution >= 0.6 is 0 Å². The van der Waals surface area contributed by atoms with Gasteiger partial charge in [0, 0.05) is 5.41 Å². The van der Waals surface area contributed by atoms with Gasteiger partial charge in [0.1, 0.15) is 6.10 Å². The third-order valence-electron chi connectivity index (χ3n) is 15.6. The lowest BCUT2D eigenvalue weighted by atomic mass is 9.34. The molecule has 0 bridgehead atoms. The molecule has 0 amide bonds. The van der Waals surface area contributed by atoms with E-state index in [9.17, 15) is 14.4 Å². The first-order chi connectivity index (χ1) is 23.2. The minimum absolute atomic E-state index is 0.0471. The van der Waals surface area contributed by atoms with E-state index in [0.717, 1.165) is 51.4 Å². The molecule has 5 heteroatoms. The summed E-state index contributed by atoms with van der Waals surface area (Å²) in [6.45, 7) is 17.1. The van der Waals surface area contributed by atoms with E-state index in [1.165, 1.54) is 0 Å². The molecule has 49 heavy (non-hydrogen) atoms. The summed E-state index contributed by atoms with van der Waals surface area (Å²) >= 11 is 0. The summed E-state index contributed by atoms with van der Waals surface area (Å²) in [6.07, 6.45) is 10.7. The molecule has 11 atom stereocenters. The molecule has 0 aromatic heterocycles. The molecule has 262 valence electrons. The second-order valence-electron chi connectivity index (χ2n) is 17.9. The van der Waals surface area contributed by atoms with Crippen molar-refractivity contribution in [1.29, 1.82) is 0 Å². The van der Waals surface area contributed by atoms with Crippen LogP contribution in [0.1, 0.15) is 121 Å². The van der Waals surface area contributed by atoms with E-state index in [2.05, 4.69) is 54.5 Å². The number of fused-ring (bicyclic) bond motifs is 7. The Morgan fingerprint density at radius 3 is 2.02 bits per heavy atom. The maximum absolute atomic E-state index is 13.8. The summed E-state index contributed by atoms with van der Waals surface area (Å²) < 4.78 is 11.9. The van der Waals surface area contributed by atoms with Crippen LogP contribution in [0.5, 0.6) is 0 Å². The molecule has 0 spiro atoms. The van der Waals surface area contributed by atoms with Crippen molar-refractivity contribution >= 4 is 17.9 Å². The Labute approximate surface area is 293 Å². The third kappa shape index (κ3) is 5.27. The zero-order valence-electron chi connectivity index (χ0n) is 30.7. The van der Waals surface area contributed by atoms with E-state index in [-0.39, 0.29) is 51.5 Å². The second kappa shape index (κ2) is 12.2. The molecule has 0 saturated heterocycles. The van der Waals surface area contributed by atoms with Gasteiger partial charge in [-0.25, -0.2) is 9.59 Å². The van der Waals surface area contributed by atoms with Crippen molar-refractivity contribution in [2.24, 2.45) is 63.1 Å². The molecular formula is C44H56O5. The number of carbonyl (C=O) groups is 3. The van der Waals surface area contributed by atoms with E-state index < -0.39 is 5.97 Å². The maximum Gasteiger partial charge on any atom is 0.345 e. The summed E-state index contributed by atoms with van der Waals surface area (Å²) in [6, 6.07) is 18.3. The Hall–Kier alpha value is -3.21. The molecule has 0 N–H and O–H groups in total. The SMILES string of the molecule is CC1CC(C(=O)OC(=O)c2ccccc2)C2CCC3(C)C(=CCC4C5(C)CCC(OC(=O)c6ccccc6)C(C)(C)C5CCC43C)C2C1C. The van der Waals surface area contributed by atoms with Crippen molar-refractivity contribution in [2.45, 2.75) is 106 Å². The van der Waals surface area contributed by atoms with Gasteiger partial charge in [0.05, 0.1) is 17.0 Å². The summed E-state index contributed by atoms with van der Waals surface area (Å²) in [5, 5.41) is 0. The quantitative estimate of drug-likeness (QED) is 0.185. The van der Waals surface area contributed by atoms with Gasteiger partial charge in [-0.2, -0.15) is 0 Å². The lowest BCUT2D eigenvalue weighted by Gasteiger charge is -2.71. The van der Waals surface area contributed by atoms with Gasteiger partial charge in [-0.1, -0.05) is 96.5 Å². The number of esters is 3. The van der Waals surface area contributed by atoms with Crippen LogP contribution in [0.3, 0.4) is 0 Å². The van der Waals surface area contributed by atoms with Gasteiger partial charge in [0.15, 0.2) is 0 Å². The summed E-state index contributed by atoms with van der Waals surface area (Å²) in [5.41, 5.74) is 2.83. The van der Waals surface area contributed by atoms with Crippen molar-refractivity contribution in [3.05, 3.63) is 83.4 Å². The number of benzene rings is 2. The Balaban J connectivity index is 1.15. The van der Waals surface area contributed by atoms with Crippen LogP contribution in [-0.4, -0.2) is 24.0 Å². The molecule has 2 aromatic carbocycles. The first-order valence-electron chi connectivity index (χ1n) is 19.0. The van der Waals surface area contributed by atoms with Crippen LogP contribution in [0, 0.1) is 63.1 Å². The number of allylic oxidation sites excluding steroid dienone is 2.